The maximum atomic E-state index is 11.9. The van der Waals surface area contributed by atoms with Crippen LogP contribution in [0.1, 0.15) is 43.7 Å². The molecule has 2 saturated heterocycles. The van der Waals surface area contributed by atoms with Gasteiger partial charge in [-0.2, -0.15) is 0 Å². The molecule has 7 nitrogen and oxygen atoms in total. The van der Waals surface area contributed by atoms with E-state index in [-0.39, 0.29) is 5.91 Å². The quantitative estimate of drug-likeness (QED) is 0.532. The van der Waals surface area contributed by atoms with Crippen LogP contribution < -0.4 is 20.4 Å². The van der Waals surface area contributed by atoms with E-state index in [0.29, 0.717) is 19.5 Å². The van der Waals surface area contributed by atoms with Crippen molar-refractivity contribution < 1.29 is 4.79 Å². The number of hydrogen-bond acceptors (Lipinski definition) is 4. The molecule has 164 valence electrons. The van der Waals surface area contributed by atoms with Gasteiger partial charge in [0.05, 0.1) is 6.54 Å². The van der Waals surface area contributed by atoms with Crippen LogP contribution >= 0.6 is 0 Å². The van der Waals surface area contributed by atoms with Crippen molar-refractivity contribution in [2.45, 2.75) is 45.7 Å². The number of amides is 1. The van der Waals surface area contributed by atoms with Crippen molar-refractivity contribution in [3.05, 3.63) is 53.7 Å². The van der Waals surface area contributed by atoms with Gasteiger partial charge in [-0.3, -0.25) is 4.79 Å². The molecule has 1 aromatic carbocycles. The van der Waals surface area contributed by atoms with Gasteiger partial charge in [0, 0.05) is 51.0 Å². The zero-order chi connectivity index (χ0) is 21.5. The molecule has 3 heterocycles. The van der Waals surface area contributed by atoms with Gasteiger partial charge in [0.25, 0.3) is 0 Å². The third-order valence-corrected chi connectivity index (χ3v) is 5.78. The van der Waals surface area contributed by atoms with Crippen molar-refractivity contribution in [1.82, 2.24) is 15.6 Å². The van der Waals surface area contributed by atoms with Crippen molar-refractivity contribution in [1.29, 1.82) is 0 Å². The number of pyridine rings is 1. The molecule has 2 fully saturated rings. The van der Waals surface area contributed by atoms with Crippen molar-refractivity contribution in [3.8, 4) is 0 Å². The van der Waals surface area contributed by atoms with Crippen LogP contribution in [0.3, 0.4) is 0 Å². The van der Waals surface area contributed by atoms with E-state index in [1.54, 1.807) is 0 Å². The zero-order valence-electron chi connectivity index (χ0n) is 18.3. The summed E-state index contributed by atoms with van der Waals surface area (Å²) in [5, 5.41) is 6.69. The molecule has 0 unspecified atom stereocenters. The molecule has 31 heavy (non-hydrogen) atoms. The predicted octanol–water partition coefficient (Wildman–Crippen LogP) is 3.06. The Kier molecular flexibility index (Phi) is 7.02. The Morgan fingerprint density at radius 1 is 1.00 bits per heavy atom. The highest BCUT2D eigenvalue weighted by molar-refractivity contribution is 5.95. The summed E-state index contributed by atoms with van der Waals surface area (Å²) in [5.41, 5.74) is 3.23. The Labute approximate surface area is 184 Å². The summed E-state index contributed by atoms with van der Waals surface area (Å²) in [6.45, 7) is 7.15. The second kappa shape index (κ2) is 10.3. The van der Waals surface area contributed by atoms with E-state index in [9.17, 15) is 4.79 Å². The average Bonchev–Trinajstić information content (AvgIpc) is 3.49. The maximum absolute atomic E-state index is 11.9. The van der Waals surface area contributed by atoms with Gasteiger partial charge in [0.1, 0.15) is 5.82 Å². The highest BCUT2D eigenvalue weighted by Crippen LogP contribution is 2.21. The predicted molar refractivity (Wildman–Crippen MR) is 125 cm³/mol. The topological polar surface area (TPSA) is 72.9 Å². The number of nitrogens with zero attached hydrogens (tertiary/aromatic N) is 4. The minimum atomic E-state index is 0.218. The minimum absolute atomic E-state index is 0.218. The Hall–Kier alpha value is -3.09. The van der Waals surface area contributed by atoms with Crippen LogP contribution in [-0.2, 0) is 17.9 Å². The number of aromatic nitrogens is 1. The number of rotatable bonds is 7. The highest BCUT2D eigenvalue weighted by atomic mass is 16.2. The SMILES string of the molecule is CCNC(=NCc1ccc(N2CCCC2)nc1)NCc1ccc(N2CCCC2=O)cc1. The molecule has 0 atom stereocenters. The van der Waals surface area contributed by atoms with Gasteiger partial charge in [-0.25, -0.2) is 9.98 Å². The molecule has 4 rings (SSSR count). The number of carbonyl (C=O) groups excluding carboxylic acids is 1. The number of carbonyl (C=O) groups is 1. The van der Waals surface area contributed by atoms with Crippen LogP contribution in [0.5, 0.6) is 0 Å². The van der Waals surface area contributed by atoms with E-state index in [0.717, 1.165) is 61.2 Å². The second-order valence-corrected chi connectivity index (χ2v) is 8.08. The zero-order valence-corrected chi connectivity index (χ0v) is 18.3. The molecule has 2 aliphatic heterocycles. The summed E-state index contributed by atoms with van der Waals surface area (Å²) >= 11 is 0. The monoisotopic (exact) mass is 420 g/mol. The fourth-order valence-electron chi connectivity index (χ4n) is 4.06. The fourth-order valence-corrected chi connectivity index (χ4v) is 4.06. The molecule has 0 aliphatic carbocycles. The summed E-state index contributed by atoms with van der Waals surface area (Å²) in [5.74, 6) is 2.06. The first-order chi connectivity index (χ1) is 15.2. The van der Waals surface area contributed by atoms with E-state index in [2.05, 4.69) is 51.7 Å². The lowest BCUT2D eigenvalue weighted by atomic mass is 10.2. The van der Waals surface area contributed by atoms with Crippen molar-refractivity contribution in [2.75, 3.05) is 36.0 Å². The van der Waals surface area contributed by atoms with Crippen LogP contribution in [0.25, 0.3) is 0 Å². The van der Waals surface area contributed by atoms with E-state index in [4.69, 9.17) is 4.99 Å². The first-order valence-electron chi connectivity index (χ1n) is 11.3. The summed E-state index contributed by atoms with van der Waals surface area (Å²) in [6, 6.07) is 12.4. The van der Waals surface area contributed by atoms with Gasteiger partial charge >= 0.3 is 0 Å². The van der Waals surface area contributed by atoms with Gasteiger partial charge in [-0.1, -0.05) is 18.2 Å². The molecule has 0 bridgehead atoms. The fraction of sp³-hybridized carbons (Fsp3) is 0.458. The molecule has 7 heteroatoms. The smallest absolute Gasteiger partial charge is 0.227 e. The first kappa shape index (κ1) is 21.2. The summed E-state index contributed by atoms with van der Waals surface area (Å²) in [4.78, 5) is 25.4. The third kappa shape index (κ3) is 5.54. The van der Waals surface area contributed by atoms with Crippen LogP contribution in [-0.4, -0.2) is 43.0 Å². The molecule has 0 radical (unpaired) electrons. The molecule has 0 spiro atoms. The number of benzene rings is 1. The van der Waals surface area contributed by atoms with Gasteiger partial charge in [0.2, 0.25) is 5.91 Å². The first-order valence-corrected chi connectivity index (χ1v) is 11.3. The lowest BCUT2D eigenvalue weighted by Gasteiger charge is -2.17. The number of aliphatic imine (C=N–C) groups is 1. The molecule has 2 aromatic rings. The summed E-state index contributed by atoms with van der Waals surface area (Å²) in [6.07, 6.45) is 6.04. The molecule has 2 aliphatic rings. The van der Waals surface area contributed by atoms with Crippen molar-refractivity contribution in [3.63, 3.8) is 0 Å². The standard InChI is InChI=1S/C24H32N6O/c1-2-25-24(28-18-20-9-12-22(26-17-20)29-13-3-4-14-29)27-16-19-7-10-21(11-8-19)30-15-5-6-23(30)31/h7-12,17H,2-6,13-16,18H2,1H3,(H2,25,27,28). The van der Waals surface area contributed by atoms with E-state index in [1.807, 2.05) is 23.2 Å². The van der Waals surface area contributed by atoms with Gasteiger partial charge in [-0.05, 0) is 55.5 Å². The van der Waals surface area contributed by atoms with E-state index < -0.39 is 0 Å². The number of hydrogen-bond donors (Lipinski definition) is 2. The largest absolute Gasteiger partial charge is 0.357 e. The minimum Gasteiger partial charge on any atom is -0.357 e. The lowest BCUT2D eigenvalue weighted by Crippen LogP contribution is -2.36. The Morgan fingerprint density at radius 3 is 2.42 bits per heavy atom. The third-order valence-electron chi connectivity index (χ3n) is 5.78. The van der Waals surface area contributed by atoms with Crippen molar-refractivity contribution >= 4 is 23.4 Å². The summed E-state index contributed by atoms with van der Waals surface area (Å²) in [7, 11) is 0. The Morgan fingerprint density at radius 2 is 1.77 bits per heavy atom. The van der Waals surface area contributed by atoms with Crippen molar-refractivity contribution in [2.24, 2.45) is 4.99 Å². The Balaban J connectivity index is 1.32. The number of guanidine groups is 1. The number of nitrogens with one attached hydrogen (secondary N) is 2. The molecule has 2 N–H and O–H groups in total. The highest BCUT2D eigenvalue weighted by Gasteiger charge is 2.21. The molecule has 0 saturated carbocycles. The van der Waals surface area contributed by atoms with Gasteiger partial charge in [-0.15, -0.1) is 0 Å². The van der Waals surface area contributed by atoms with E-state index in [1.165, 1.54) is 12.8 Å². The molecule has 1 aromatic heterocycles. The van der Waals surface area contributed by atoms with Crippen LogP contribution in [0.4, 0.5) is 11.5 Å². The van der Waals surface area contributed by atoms with Gasteiger partial charge < -0.3 is 20.4 Å². The van der Waals surface area contributed by atoms with Gasteiger partial charge in [0.15, 0.2) is 5.96 Å². The Bertz CT molecular complexity index is 887. The molecule has 1 amide bonds. The summed E-state index contributed by atoms with van der Waals surface area (Å²) < 4.78 is 0. The molecular formula is C24H32N6O. The second-order valence-electron chi connectivity index (χ2n) is 8.08. The average molecular weight is 421 g/mol. The van der Waals surface area contributed by atoms with E-state index >= 15 is 0 Å². The normalized spacial score (nSPS) is 16.8. The maximum Gasteiger partial charge on any atom is 0.227 e. The number of anilines is 2. The van der Waals surface area contributed by atoms with Crippen LogP contribution in [0.15, 0.2) is 47.6 Å². The van der Waals surface area contributed by atoms with Crippen LogP contribution in [0.2, 0.25) is 0 Å². The lowest BCUT2D eigenvalue weighted by molar-refractivity contribution is -0.117. The molecular weight excluding hydrogens is 388 g/mol. The van der Waals surface area contributed by atoms with Crippen LogP contribution in [0, 0.1) is 0 Å².